The molecule has 1 aromatic rings. The molecular formula is C16H22FNO2. The van der Waals surface area contributed by atoms with Crippen LogP contribution in [0.15, 0.2) is 12.1 Å². The second kappa shape index (κ2) is 6.35. The number of rotatable bonds is 5. The van der Waals surface area contributed by atoms with Crippen LogP contribution in [-0.4, -0.2) is 31.6 Å². The van der Waals surface area contributed by atoms with Crippen LogP contribution in [0.25, 0.3) is 0 Å². The largest absolute Gasteiger partial charge is 0.376 e. The zero-order valence-electron chi connectivity index (χ0n) is 12.4. The second-order valence-corrected chi connectivity index (χ2v) is 5.35. The molecule has 0 aromatic heterocycles. The highest BCUT2D eigenvalue weighted by Crippen LogP contribution is 2.26. The molecule has 1 heterocycles. The molecule has 1 fully saturated rings. The van der Waals surface area contributed by atoms with Gasteiger partial charge in [-0.1, -0.05) is 0 Å². The van der Waals surface area contributed by atoms with Crippen molar-refractivity contribution in [3.05, 3.63) is 29.1 Å². The van der Waals surface area contributed by atoms with Crippen LogP contribution in [0.5, 0.6) is 0 Å². The minimum absolute atomic E-state index is 0.107. The van der Waals surface area contributed by atoms with Gasteiger partial charge in [0.2, 0.25) is 0 Å². The molecule has 0 bridgehead atoms. The number of ketones is 1. The standard InChI is InChI=1S/C16H22FNO2/c1-4-18(10-13-6-5-7-20-13)16-8-11(2)15(17)9-14(16)12(3)19/h8-9,13H,4-7,10H2,1-3H3. The van der Waals surface area contributed by atoms with Crippen LogP contribution in [0.2, 0.25) is 0 Å². The number of anilines is 1. The maximum Gasteiger partial charge on any atom is 0.161 e. The number of carbonyl (C=O) groups is 1. The molecule has 110 valence electrons. The van der Waals surface area contributed by atoms with Gasteiger partial charge in [0.05, 0.1) is 6.10 Å². The Morgan fingerprint density at radius 1 is 1.50 bits per heavy atom. The van der Waals surface area contributed by atoms with Gasteiger partial charge in [0, 0.05) is 30.9 Å². The van der Waals surface area contributed by atoms with Crippen LogP contribution >= 0.6 is 0 Å². The number of hydrogen-bond acceptors (Lipinski definition) is 3. The molecule has 1 atom stereocenters. The monoisotopic (exact) mass is 279 g/mol. The Morgan fingerprint density at radius 2 is 2.25 bits per heavy atom. The van der Waals surface area contributed by atoms with E-state index < -0.39 is 0 Å². The van der Waals surface area contributed by atoms with Gasteiger partial charge in [-0.3, -0.25) is 4.79 Å². The summed E-state index contributed by atoms with van der Waals surface area (Å²) in [6, 6.07) is 3.12. The third-order valence-corrected chi connectivity index (χ3v) is 3.83. The first kappa shape index (κ1) is 15.0. The van der Waals surface area contributed by atoms with Crippen molar-refractivity contribution in [3.8, 4) is 0 Å². The average Bonchev–Trinajstić information content (AvgIpc) is 2.91. The first-order chi connectivity index (χ1) is 9.52. The van der Waals surface area contributed by atoms with Crippen molar-refractivity contribution in [2.24, 2.45) is 0 Å². The lowest BCUT2D eigenvalue weighted by Crippen LogP contribution is -2.33. The van der Waals surface area contributed by atoms with Crippen molar-refractivity contribution in [3.63, 3.8) is 0 Å². The summed E-state index contributed by atoms with van der Waals surface area (Å²) in [7, 11) is 0. The number of ether oxygens (including phenoxy) is 1. The first-order valence-corrected chi connectivity index (χ1v) is 7.20. The summed E-state index contributed by atoms with van der Waals surface area (Å²) in [6.45, 7) is 7.57. The molecular weight excluding hydrogens is 257 g/mol. The molecule has 1 saturated heterocycles. The van der Waals surface area contributed by atoms with Gasteiger partial charge in [-0.2, -0.15) is 0 Å². The molecule has 1 aliphatic heterocycles. The summed E-state index contributed by atoms with van der Waals surface area (Å²) in [4.78, 5) is 13.9. The van der Waals surface area contributed by atoms with Gasteiger partial charge in [-0.25, -0.2) is 4.39 Å². The van der Waals surface area contributed by atoms with Crippen molar-refractivity contribution < 1.29 is 13.9 Å². The zero-order chi connectivity index (χ0) is 14.7. The Labute approximate surface area is 119 Å². The van der Waals surface area contributed by atoms with E-state index in [1.165, 1.54) is 13.0 Å². The van der Waals surface area contributed by atoms with E-state index in [2.05, 4.69) is 4.90 Å². The fraction of sp³-hybridized carbons (Fsp3) is 0.562. The quantitative estimate of drug-likeness (QED) is 0.774. The van der Waals surface area contributed by atoms with E-state index in [4.69, 9.17) is 4.74 Å². The summed E-state index contributed by atoms with van der Waals surface area (Å²) >= 11 is 0. The molecule has 3 nitrogen and oxygen atoms in total. The van der Waals surface area contributed by atoms with E-state index in [1.54, 1.807) is 13.0 Å². The predicted octanol–water partition coefficient (Wildman–Crippen LogP) is 3.34. The molecule has 0 N–H and O–H groups in total. The number of likely N-dealkylation sites (N-methyl/N-ethyl adjacent to an activating group) is 1. The Bertz CT molecular complexity index is 495. The normalized spacial score (nSPS) is 18.3. The third-order valence-electron chi connectivity index (χ3n) is 3.83. The minimum Gasteiger partial charge on any atom is -0.376 e. The van der Waals surface area contributed by atoms with Crippen LogP contribution in [0.1, 0.15) is 42.6 Å². The Balaban J connectivity index is 2.31. The summed E-state index contributed by atoms with van der Waals surface area (Å²) in [6.07, 6.45) is 2.34. The Morgan fingerprint density at radius 3 is 2.80 bits per heavy atom. The van der Waals surface area contributed by atoms with Crippen molar-refractivity contribution in [1.29, 1.82) is 0 Å². The van der Waals surface area contributed by atoms with E-state index in [1.807, 2.05) is 6.92 Å². The summed E-state index contributed by atoms with van der Waals surface area (Å²) in [5.41, 5.74) is 1.83. The van der Waals surface area contributed by atoms with E-state index >= 15 is 0 Å². The molecule has 1 aliphatic rings. The van der Waals surface area contributed by atoms with Crippen molar-refractivity contribution in [1.82, 2.24) is 0 Å². The van der Waals surface area contributed by atoms with Gasteiger partial charge < -0.3 is 9.64 Å². The molecule has 4 heteroatoms. The van der Waals surface area contributed by atoms with Gasteiger partial charge in [0.25, 0.3) is 0 Å². The van der Waals surface area contributed by atoms with Crippen LogP contribution in [0, 0.1) is 12.7 Å². The molecule has 0 spiro atoms. The Kier molecular flexibility index (Phi) is 4.76. The predicted molar refractivity (Wildman–Crippen MR) is 78.0 cm³/mol. The molecule has 20 heavy (non-hydrogen) atoms. The van der Waals surface area contributed by atoms with Crippen LogP contribution in [-0.2, 0) is 4.74 Å². The number of nitrogens with zero attached hydrogens (tertiary/aromatic N) is 1. The summed E-state index contributed by atoms with van der Waals surface area (Å²) in [5, 5.41) is 0. The first-order valence-electron chi connectivity index (χ1n) is 7.20. The maximum atomic E-state index is 13.7. The van der Waals surface area contributed by atoms with E-state index in [0.717, 1.165) is 38.2 Å². The highest BCUT2D eigenvalue weighted by molar-refractivity contribution is 6.00. The number of aryl methyl sites for hydroxylation is 1. The number of carbonyl (C=O) groups excluding carboxylic acids is 1. The Hall–Kier alpha value is -1.42. The van der Waals surface area contributed by atoms with E-state index in [0.29, 0.717) is 11.1 Å². The lowest BCUT2D eigenvalue weighted by atomic mass is 10.0. The molecule has 0 saturated carbocycles. The lowest BCUT2D eigenvalue weighted by molar-refractivity contribution is 0.101. The van der Waals surface area contributed by atoms with Gasteiger partial charge in [-0.15, -0.1) is 0 Å². The van der Waals surface area contributed by atoms with Gasteiger partial charge in [-0.05, 0) is 51.3 Å². The number of hydrogen-bond donors (Lipinski definition) is 0. The van der Waals surface area contributed by atoms with Gasteiger partial charge in [0.15, 0.2) is 5.78 Å². The molecule has 0 aliphatic carbocycles. The minimum atomic E-state index is -0.327. The van der Waals surface area contributed by atoms with Crippen molar-refractivity contribution >= 4 is 11.5 Å². The van der Waals surface area contributed by atoms with Crippen LogP contribution in [0.4, 0.5) is 10.1 Å². The van der Waals surface area contributed by atoms with Crippen LogP contribution < -0.4 is 4.90 Å². The van der Waals surface area contributed by atoms with Crippen LogP contribution in [0.3, 0.4) is 0 Å². The third kappa shape index (κ3) is 3.18. The molecule has 2 rings (SSSR count). The summed E-state index contributed by atoms with van der Waals surface area (Å²) in [5.74, 6) is -0.434. The molecule has 0 amide bonds. The zero-order valence-corrected chi connectivity index (χ0v) is 12.4. The van der Waals surface area contributed by atoms with Gasteiger partial charge >= 0.3 is 0 Å². The number of halogens is 1. The fourth-order valence-electron chi connectivity index (χ4n) is 2.64. The van der Waals surface area contributed by atoms with Crippen molar-refractivity contribution in [2.45, 2.75) is 39.7 Å². The topological polar surface area (TPSA) is 29.5 Å². The van der Waals surface area contributed by atoms with Crippen molar-refractivity contribution in [2.75, 3.05) is 24.6 Å². The molecule has 0 radical (unpaired) electrons. The summed E-state index contributed by atoms with van der Waals surface area (Å²) < 4.78 is 19.4. The second-order valence-electron chi connectivity index (χ2n) is 5.35. The van der Waals surface area contributed by atoms with Gasteiger partial charge in [0.1, 0.15) is 5.82 Å². The SMILES string of the molecule is CCN(CC1CCCO1)c1cc(C)c(F)cc1C(C)=O. The van der Waals surface area contributed by atoms with E-state index in [-0.39, 0.29) is 17.7 Å². The maximum absolute atomic E-state index is 13.7. The highest BCUT2D eigenvalue weighted by atomic mass is 19.1. The molecule has 1 unspecified atom stereocenters. The smallest absolute Gasteiger partial charge is 0.161 e. The fourth-order valence-corrected chi connectivity index (χ4v) is 2.64. The number of Topliss-reactive ketones (excluding diaryl/α,β-unsaturated/α-hetero) is 1. The average molecular weight is 279 g/mol. The molecule has 1 aromatic carbocycles. The number of benzene rings is 1. The van der Waals surface area contributed by atoms with E-state index in [9.17, 15) is 9.18 Å². The highest BCUT2D eigenvalue weighted by Gasteiger charge is 2.22. The lowest BCUT2D eigenvalue weighted by Gasteiger charge is -2.28.